The number of anilines is 1. The summed E-state index contributed by atoms with van der Waals surface area (Å²) >= 11 is 0. The van der Waals surface area contributed by atoms with Gasteiger partial charge in [-0.05, 0) is 18.6 Å². The van der Waals surface area contributed by atoms with E-state index in [4.69, 9.17) is 10.5 Å². The fourth-order valence-corrected chi connectivity index (χ4v) is 2.13. The Labute approximate surface area is 125 Å². The number of morpholine rings is 1. The summed E-state index contributed by atoms with van der Waals surface area (Å²) in [5.74, 6) is 1.40. The summed E-state index contributed by atoms with van der Waals surface area (Å²) in [6.45, 7) is 9.33. The average molecular weight is 289 g/mol. The van der Waals surface area contributed by atoms with Gasteiger partial charge in [0.05, 0.1) is 19.3 Å². The van der Waals surface area contributed by atoms with Crippen molar-refractivity contribution in [3.05, 3.63) is 36.5 Å². The maximum absolute atomic E-state index is 5.72. The van der Waals surface area contributed by atoms with Gasteiger partial charge in [-0.2, -0.15) is 0 Å². The molecule has 1 aliphatic heterocycles. The van der Waals surface area contributed by atoms with E-state index in [-0.39, 0.29) is 6.10 Å². The zero-order chi connectivity index (χ0) is 15.1. The minimum atomic E-state index is 0.251. The van der Waals surface area contributed by atoms with Gasteiger partial charge in [-0.25, -0.2) is 9.98 Å². The minimum Gasteiger partial charge on any atom is -0.375 e. The number of guanidine groups is 1. The smallest absolute Gasteiger partial charge is 0.189 e. The molecule has 0 bridgehead atoms. The molecule has 0 saturated carbocycles. The Morgan fingerprint density at radius 1 is 1.67 bits per heavy atom. The lowest BCUT2D eigenvalue weighted by atomic mass is 10.2. The van der Waals surface area contributed by atoms with Crippen LogP contribution in [-0.2, 0) is 11.3 Å². The summed E-state index contributed by atoms with van der Waals surface area (Å²) in [4.78, 5) is 11.0. The van der Waals surface area contributed by atoms with Crippen LogP contribution in [0.15, 0.2) is 36.0 Å². The van der Waals surface area contributed by atoms with Gasteiger partial charge in [0.1, 0.15) is 5.82 Å². The van der Waals surface area contributed by atoms with Crippen LogP contribution in [0.4, 0.5) is 5.82 Å². The number of hydrogen-bond acceptors (Lipinski definition) is 4. The predicted molar refractivity (Wildman–Crippen MR) is 85.4 cm³/mol. The van der Waals surface area contributed by atoms with E-state index >= 15 is 0 Å². The second-order valence-corrected chi connectivity index (χ2v) is 5.02. The van der Waals surface area contributed by atoms with Gasteiger partial charge >= 0.3 is 0 Å². The van der Waals surface area contributed by atoms with Gasteiger partial charge in [-0.1, -0.05) is 12.1 Å². The van der Waals surface area contributed by atoms with E-state index in [1.54, 1.807) is 6.08 Å². The quantitative estimate of drug-likeness (QED) is 0.478. The number of aromatic nitrogens is 1. The molecule has 0 amide bonds. The maximum atomic E-state index is 5.72. The van der Waals surface area contributed by atoms with Crippen molar-refractivity contribution in [1.82, 2.24) is 10.3 Å². The van der Waals surface area contributed by atoms with Crippen molar-refractivity contribution in [3.8, 4) is 0 Å². The van der Waals surface area contributed by atoms with E-state index in [9.17, 15) is 0 Å². The highest BCUT2D eigenvalue weighted by Gasteiger charge is 2.17. The van der Waals surface area contributed by atoms with Crippen molar-refractivity contribution in [2.75, 3.05) is 31.1 Å². The highest BCUT2D eigenvalue weighted by atomic mass is 16.5. The molecule has 3 N–H and O–H groups in total. The van der Waals surface area contributed by atoms with Crippen LogP contribution in [0.1, 0.15) is 12.5 Å². The molecule has 0 spiro atoms. The molecule has 114 valence electrons. The van der Waals surface area contributed by atoms with E-state index in [0.29, 0.717) is 19.0 Å². The standard InChI is InChI=1S/C15H23N5O/c1-3-6-17-15(16)19-10-13-4-5-14(18-9-13)20-7-8-21-12(2)11-20/h3-5,9,12H,1,6-8,10-11H2,2H3,(H3,16,17,19). The Hall–Kier alpha value is -2.08. The van der Waals surface area contributed by atoms with E-state index in [2.05, 4.69) is 33.7 Å². The van der Waals surface area contributed by atoms with E-state index in [1.807, 2.05) is 18.3 Å². The number of nitrogens with zero attached hydrogens (tertiary/aromatic N) is 3. The molecule has 21 heavy (non-hydrogen) atoms. The normalized spacial score (nSPS) is 19.4. The summed E-state index contributed by atoms with van der Waals surface area (Å²) in [5, 5.41) is 2.94. The number of nitrogens with two attached hydrogens (primary N) is 1. The summed E-state index contributed by atoms with van der Waals surface area (Å²) < 4.78 is 5.54. The van der Waals surface area contributed by atoms with Crippen LogP contribution in [0.2, 0.25) is 0 Å². The van der Waals surface area contributed by atoms with Crippen LogP contribution in [0, 0.1) is 0 Å². The second kappa shape index (κ2) is 7.64. The van der Waals surface area contributed by atoms with Crippen LogP contribution >= 0.6 is 0 Å². The Morgan fingerprint density at radius 2 is 2.52 bits per heavy atom. The lowest BCUT2D eigenvalue weighted by Crippen LogP contribution is -2.41. The topological polar surface area (TPSA) is 75.8 Å². The Kier molecular flexibility index (Phi) is 5.57. The number of aliphatic imine (C=N–C) groups is 1. The van der Waals surface area contributed by atoms with Crippen LogP contribution in [0.3, 0.4) is 0 Å². The number of pyridine rings is 1. The van der Waals surface area contributed by atoms with Gasteiger partial charge in [-0.3, -0.25) is 0 Å². The lowest BCUT2D eigenvalue weighted by molar-refractivity contribution is 0.0529. The fraction of sp³-hybridized carbons (Fsp3) is 0.467. The zero-order valence-electron chi connectivity index (χ0n) is 12.5. The fourth-order valence-electron chi connectivity index (χ4n) is 2.13. The number of ether oxygens (including phenoxy) is 1. The molecule has 2 rings (SSSR count). The van der Waals surface area contributed by atoms with Gasteiger partial charge < -0.3 is 20.7 Å². The van der Waals surface area contributed by atoms with Gasteiger partial charge in [0.25, 0.3) is 0 Å². The third kappa shape index (κ3) is 4.75. The van der Waals surface area contributed by atoms with E-state index < -0.39 is 0 Å². The minimum absolute atomic E-state index is 0.251. The molecular formula is C15H23N5O. The second-order valence-electron chi connectivity index (χ2n) is 5.02. The molecule has 0 radical (unpaired) electrons. The molecule has 2 heterocycles. The van der Waals surface area contributed by atoms with Crippen molar-refractivity contribution >= 4 is 11.8 Å². The van der Waals surface area contributed by atoms with E-state index in [0.717, 1.165) is 31.1 Å². The molecule has 1 atom stereocenters. The molecule has 6 nitrogen and oxygen atoms in total. The first kappa shape index (κ1) is 15.3. The zero-order valence-corrected chi connectivity index (χ0v) is 12.5. The van der Waals surface area contributed by atoms with Gasteiger partial charge in [0.15, 0.2) is 5.96 Å². The third-order valence-corrected chi connectivity index (χ3v) is 3.23. The lowest BCUT2D eigenvalue weighted by Gasteiger charge is -2.32. The third-order valence-electron chi connectivity index (χ3n) is 3.23. The van der Waals surface area contributed by atoms with Crippen molar-refractivity contribution in [2.24, 2.45) is 10.7 Å². The SMILES string of the molecule is C=CCNC(N)=NCc1ccc(N2CCOC(C)C2)nc1. The molecule has 6 heteroatoms. The molecule has 1 fully saturated rings. The first-order valence-corrected chi connectivity index (χ1v) is 7.15. The van der Waals surface area contributed by atoms with E-state index in [1.165, 1.54) is 0 Å². The Balaban J connectivity index is 1.91. The van der Waals surface area contributed by atoms with Crippen LogP contribution < -0.4 is 16.0 Å². The number of rotatable bonds is 5. The predicted octanol–water partition coefficient (Wildman–Crippen LogP) is 0.897. The van der Waals surface area contributed by atoms with Crippen molar-refractivity contribution in [1.29, 1.82) is 0 Å². The molecule has 0 aliphatic carbocycles. The first-order chi connectivity index (χ1) is 10.2. The summed E-state index contributed by atoms with van der Waals surface area (Å²) in [6, 6.07) is 4.06. The van der Waals surface area contributed by atoms with Crippen molar-refractivity contribution in [2.45, 2.75) is 19.6 Å². The molecule has 1 saturated heterocycles. The van der Waals surface area contributed by atoms with Crippen molar-refractivity contribution < 1.29 is 4.74 Å². The summed E-state index contributed by atoms with van der Waals surface area (Å²) in [6.07, 6.45) is 3.84. The van der Waals surface area contributed by atoms with Gasteiger partial charge in [0.2, 0.25) is 0 Å². The first-order valence-electron chi connectivity index (χ1n) is 7.15. The Morgan fingerprint density at radius 3 is 3.19 bits per heavy atom. The highest BCUT2D eigenvalue weighted by molar-refractivity contribution is 5.77. The molecular weight excluding hydrogens is 266 g/mol. The number of nitrogens with one attached hydrogen (secondary N) is 1. The number of hydrogen-bond donors (Lipinski definition) is 2. The molecule has 0 aromatic carbocycles. The molecule has 1 aromatic rings. The summed E-state index contributed by atoms with van der Waals surface area (Å²) in [7, 11) is 0. The monoisotopic (exact) mass is 289 g/mol. The molecule has 1 unspecified atom stereocenters. The van der Waals surface area contributed by atoms with Gasteiger partial charge in [0, 0.05) is 25.8 Å². The molecule has 1 aliphatic rings. The maximum Gasteiger partial charge on any atom is 0.189 e. The summed E-state index contributed by atoms with van der Waals surface area (Å²) in [5.41, 5.74) is 6.75. The Bertz CT molecular complexity index is 485. The molecule has 1 aromatic heterocycles. The van der Waals surface area contributed by atoms with Crippen LogP contribution in [0.5, 0.6) is 0 Å². The average Bonchev–Trinajstić information content (AvgIpc) is 2.51. The largest absolute Gasteiger partial charge is 0.375 e. The van der Waals surface area contributed by atoms with Crippen molar-refractivity contribution in [3.63, 3.8) is 0 Å². The van der Waals surface area contributed by atoms with Crippen LogP contribution in [0.25, 0.3) is 0 Å². The van der Waals surface area contributed by atoms with Crippen LogP contribution in [-0.4, -0.2) is 43.3 Å². The highest BCUT2D eigenvalue weighted by Crippen LogP contribution is 2.15. The van der Waals surface area contributed by atoms with Gasteiger partial charge in [-0.15, -0.1) is 6.58 Å².